The van der Waals surface area contributed by atoms with Crippen molar-refractivity contribution in [1.82, 2.24) is 10.3 Å². The van der Waals surface area contributed by atoms with E-state index in [1.165, 1.54) is 15.4 Å². The zero-order valence-electron chi connectivity index (χ0n) is 13.2. The number of benzene rings is 1. The third kappa shape index (κ3) is 4.29. The van der Waals surface area contributed by atoms with Gasteiger partial charge in [0.1, 0.15) is 0 Å². The number of aryl methyl sites for hydroxylation is 3. The summed E-state index contributed by atoms with van der Waals surface area (Å²) in [6, 6.07) is 6.61. The van der Waals surface area contributed by atoms with Crippen LogP contribution in [0.1, 0.15) is 46.1 Å². The first-order valence-corrected chi connectivity index (χ1v) is 8.63. The fourth-order valence-electron chi connectivity index (χ4n) is 2.25. The van der Waals surface area contributed by atoms with E-state index in [0.717, 1.165) is 35.7 Å². The van der Waals surface area contributed by atoms with Crippen LogP contribution in [0.5, 0.6) is 0 Å². The molecule has 2 aromatic rings. The Kier molecular flexibility index (Phi) is 5.80. The van der Waals surface area contributed by atoms with Gasteiger partial charge < -0.3 is 5.32 Å². The average Bonchev–Trinajstić information content (AvgIpc) is 2.76. The van der Waals surface area contributed by atoms with E-state index in [4.69, 9.17) is 11.6 Å². The largest absolute Gasteiger partial charge is 0.310 e. The molecule has 1 N–H and O–H groups in total. The first-order valence-electron chi connectivity index (χ1n) is 7.43. The number of rotatable bonds is 6. The van der Waals surface area contributed by atoms with Crippen molar-refractivity contribution in [2.45, 2.75) is 46.6 Å². The molecule has 114 valence electrons. The van der Waals surface area contributed by atoms with Gasteiger partial charge in [-0.3, -0.25) is 0 Å². The molecule has 0 saturated carbocycles. The van der Waals surface area contributed by atoms with E-state index in [-0.39, 0.29) is 6.04 Å². The van der Waals surface area contributed by atoms with Gasteiger partial charge in [-0.2, -0.15) is 0 Å². The van der Waals surface area contributed by atoms with Crippen molar-refractivity contribution < 1.29 is 0 Å². The number of hydrogen-bond acceptors (Lipinski definition) is 3. The number of hydrogen-bond donors (Lipinski definition) is 1. The second-order valence-electron chi connectivity index (χ2n) is 5.47. The van der Waals surface area contributed by atoms with Crippen LogP contribution in [0.3, 0.4) is 0 Å². The maximum atomic E-state index is 6.28. The standard InChI is InChI=1S/C17H23ClN2S/c1-5-8-19-16(10-17-20-12(3)13(4)21-17)14-7-6-11(2)15(18)9-14/h6-7,9,16,19H,5,8,10H2,1-4H3. The Labute approximate surface area is 136 Å². The summed E-state index contributed by atoms with van der Waals surface area (Å²) in [7, 11) is 0. The Morgan fingerprint density at radius 3 is 2.62 bits per heavy atom. The molecule has 0 spiro atoms. The predicted molar refractivity (Wildman–Crippen MR) is 92.5 cm³/mol. The lowest BCUT2D eigenvalue weighted by molar-refractivity contribution is 0.528. The quantitative estimate of drug-likeness (QED) is 0.809. The molecule has 2 nitrogen and oxygen atoms in total. The lowest BCUT2D eigenvalue weighted by Crippen LogP contribution is -2.24. The van der Waals surface area contributed by atoms with Crippen LogP contribution in [0.25, 0.3) is 0 Å². The van der Waals surface area contributed by atoms with Gasteiger partial charge in [-0.05, 0) is 50.9 Å². The van der Waals surface area contributed by atoms with Crippen molar-refractivity contribution in [2.75, 3.05) is 6.54 Å². The smallest absolute Gasteiger partial charge is 0.0949 e. The van der Waals surface area contributed by atoms with Crippen LogP contribution in [-0.4, -0.2) is 11.5 Å². The Morgan fingerprint density at radius 2 is 2.05 bits per heavy atom. The molecule has 1 atom stereocenters. The zero-order valence-corrected chi connectivity index (χ0v) is 14.7. The third-order valence-electron chi connectivity index (χ3n) is 3.69. The van der Waals surface area contributed by atoms with Crippen molar-refractivity contribution >= 4 is 22.9 Å². The molecular formula is C17H23ClN2S. The Hall–Kier alpha value is -0.900. The Bertz CT molecular complexity index is 587. The summed E-state index contributed by atoms with van der Waals surface area (Å²) in [6.45, 7) is 9.43. The van der Waals surface area contributed by atoms with Gasteiger partial charge in [-0.15, -0.1) is 11.3 Å². The molecule has 0 aliphatic heterocycles. The molecule has 0 fully saturated rings. The molecule has 1 unspecified atom stereocenters. The number of thiazole rings is 1. The highest BCUT2D eigenvalue weighted by Crippen LogP contribution is 2.26. The van der Waals surface area contributed by atoms with Crippen molar-refractivity contribution in [3.05, 3.63) is 49.9 Å². The second kappa shape index (κ2) is 7.39. The molecule has 2 rings (SSSR count). The Balaban J connectivity index is 2.22. The van der Waals surface area contributed by atoms with Crippen LogP contribution in [0, 0.1) is 20.8 Å². The van der Waals surface area contributed by atoms with Crippen molar-refractivity contribution in [2.24, 2.45) is 0 Å². The topological polar surface area (TPSA) is 24.9 Å². The van der Waals surface area contributed by atoms with E-state index in [2.05, 4.69) is 49.3 Å². The Morgan fingerprint density at radius 1 is 1.29 bits per heavy atom. The molecule has 21 heavy (non-hydrogen) atoms. The highest BCUT2D eigenvalue weighted by atomic mass is 35.5. The zero-order chi connectivity index (χ0) is 15.4. The van der Waals surface area contributed by atoms with E-state index in [9.17, 15) is 0 Å². The lowest BCUT2D eigenvalue weighted by atomic mass is 10.0. The van der Waals surface area contributed by atoms with Crippen molar-refractivity contribution in [3.63, 3.8) is 0 Å². The summed E-state index contributed by atoms with van der Waals surface area (Å²) in [6.07, 6.45) is 2.03. The van der Waals surface area contributed by atoms with Crippen LogP contribution in [0.4, 0.5) is 0 Å². The lowest BCUT2D eigenvalue weighted by Gasteiger charge is -2.18. The van der Waals surface area contributed by atoms with Gasteiger partial charge in [0.2, 0.25) is 0 Å². The minimum Gasteiger partial charge on any atom is -0.310 e. The first kappa shape index (κ1) is 16.5. The molecule has 4 heteroatoms. The normalized spacial score (nSPS) is 12.6. The minimum atomic E-state index is 0.271. The summed E-state index contributed by atoms with van der Waals surface area (Å²) in [4.78, 5) is 5.98. The van der Waals surface area contributed by atoms with Crippen molar-refractivity contribution in [3.8, 4) is 0 Å². The SMILES string of the molecule is CCCNC(Cc1nc(C)c(C)s1)c1ccc(C)c(Cl)c1. The van der Waals surface area contributed by atoms with E-state index < -0.39 is 0 Å². The summed E-state index contributed by atoms with van der Waals surface area (Å²) in [5.74, 6) is 0. The summed E-state index contributed by atoms with van der Waals surface area (Å²) >= 11 is 8.08. The fraction of sp³-hybridized carbons (Fsp3) is 0.471. The molecule has 0 aliphatic rings. The highest BCUT2D eigenvalue weighted by Gasteiger charge is 2.15. The molecule has 0 bridgehead atoms. The van der Waals surface area contributed by atoms with Crippen LogP contribution < -0.4 is 5.32 Å². The van der Waals surface area contributed by atoms with Gasteiger partial charge in [0, 0.05) is 22.4 Å². The molecule has 1 heterocycles. The van der Waals surface area contributed by atoms with Crippen LogP contribution >= 0.6 is 22.9 Å². The summed E-state index contributed by atoms with van der Waals surface area (Å²) < 4.78 is 0. The van der Waals surface area contributed by atoms with Gasteiger partial charge >= 0.3 is 0 Å². The highest BCUT2D eigenvalue weighted by molar-refractivity contribution is 7.11. The molecule has 0 saturated heterocycles. The van der Waals surface area contributed by atoms with E-state index in [1.807, 2.05) is 6.92 Å². The predicted octanol–water partition coefficient (Wildman–Crippen LogP) is 5.01. The van der Waals surface area contributed by atoms with Crippen LogP contribution in [-0.2, 0) is 6.42 Å². The second-order valence-corrected chi connectivity index (χ2v) is 7.16. The first-order chi connectivity index (χ1) is 10.0. The number of nitrogens with zero attached hydrogens (tertiary/aromatic N) is 1. The molecule has 0 amide bonds. The maximum absolute atomic E-state index is 6.28. The summed E-state index contributed by atoms with van der Waals surface area (Å²) in [5, 5.41) is 5.64. The van der Waals surface area contributed by atoms with E-state index >= 15 is 0 Å². The number of halogens is 1. The minimum absolute atomic E-state index is 0.271. The summed E-state index contributed by atoms with van der Waals surface area (Å²) in [5.41, 5.74) is 3.51. The third-order valence-corrected chi connectivity index (χ3v) is 5.19. The van der Waals surface area contributed by atoms with Gasteiger partial charge in [0.15, 0.2) is 0 Å². The molecule has 0 radical (unpaired) electrons. The van der Waals surface area contributed by atoms with Crippen LogP contribution in [0.15, 0.2) is 18.2 Å². The molecular weight excluding hydrogens is 300 g/mol. The van der Waals surface area contributed by atoms with Crippen LogP contribution in [0.2, 0.25) is 5.02 Å². The fourth-order valence-corrected chi connectivity index (χ4v) is 3.42. The van der Waals surface area contributed by atoms with E-state index in [0.29, 0.717) is 0 Å². The monoisotopic (exact) mass is 322 g/mol. The van der Waals surface area contributed by atoms with Gasteiger partial charge in [0.05, 0.1) is 10.7 Å². The molecule has 1 aromatic carbocycles. The van der Waals surface area contributed by atoms with Gasteiger partial charge in [-0.25, -0.2) is 4.98 Å². The van der Waals surface area contributed by atoms with Gasteiger partial charge in [0.25, 0.3) is 0 Å². The average molecular weight is 323 g/mol. The molecule has 0 aliphatic carbocycles. The van der Waals surface area contributed by atoms with Crippen molar-refractivity contribution in [1.29, 1.82) is 0 Å². The maximum Gasteiger partial charge on any atom is 0.0949 e. The number of nitrogens with one attached hydrogen (secondary N) is 1. The van der Waals surface area contributed by atoms with E-state index in [1.54, 1.807) is 11.3 Å². The molecule has 1 aromatic heterocycles. The van der Waals surface area contributed by atoms with Gasteiger partial charge in [-0.1, -0.05) is 30.7 Å². The number of aromatic nitrogens is 1.